The van der Waals surface area contributed by atoms with Crippen molar-refractivity contribution in [1.29, 1.82) is 0 Å². The summed E-state index contributed by atoms with van der Waals surface area (Å²) in [6.45, 7) is 3.66. The zero-order valence-electron chi connectivity index (χ0n) is 10.1. The molecule has 1 unspecified atom stereocenters. The molecule has 96 valence electrons. The van der Waals surface area contributed by atoms with Crippen molar-refractivity contribution in [2.75, 3.05) is 0 Å². The molecule has 4 heteroatoms. The molecule has 0 spiro atoms. The summed E-state index contributed by atoms with van der Waals surface area (Å²) in [6, 6.07) is 6.27. The second-order valence-corrected chi connectivity index (χ2v) is 5.78. The van der Waals surface area contributed by atoms with Crippen molar-refractivity contribution in [3.63, 3.8) is 0 Å². The normalized spacial score (nSPS) is 12.7. The largest absolute Gasteiger partial charge is 0.207 e. The Morgan fingerprint density at radius 2 is 1.94 bits per heavy atom. The second-order valence-electron chi connectivity index (χ2n) is 4.14. The van der Waals surface area contributed by atoms with Gasteiger partial charge in [-0.05, 0) is 37.1 Å². The monoisotopic (exact) mass is 286 g/mol. The van der Waals surface area contributed by atoms with Crippen LogP contribution in [0.15, 0.2) is 24.3 Å². The van der Waals surface area contributed by atoms with Gasteiger partial charge in [-0.25, -0.2) is 8.78 Å². The molecule has 2 rings (SSSR count). The van der Waals surface area contributed by atoms with Crippen molar-refractivity contribution in [3.05, 3.63) is 56.8 Å². The van der Waals surface area contributed by atoms with Gasteiger partial charge in [0.05, 0.1) is 5.38 Å². The van der Waals surface area contributed by atoms with Gasteiger partial charge in [0, 0.05) is 21.4 Å². The molecule has 0 nitrogen and oxygen atoms in total. The van der Waals surface area contributed by atoms with Gasteiger partial charge >= 0.3 is 0 Å². The number of alkyl halides is 1. The van der Waals surface area contributed by atoms with Crippen LogP contribution in [0.4, 0.5) is 8.78 Å². The molecule has 0 saturated heterocycles. The number of rotatable bonds is 3. The third-order valence-corrected chi connectivity index (χ3v) is 4.73. The molecule has 0 amide bonds. The topological polar surface area (TPSA) is 0 Å². The first kappa shape index (κ1) is 13.5. The van der Waals surface area contributed by atoms with Gasteiger partial charge in [0.2, 0.25) is 0 Å². The summed E-state index contributed by atoms with van der Waals surface area (Å²) < 4.78 is 26.9. The Balaban J connectivity index is 2.39. The molecular weight excluding hydrogens is 274 g/mol. The molecule has 1 heterocycles. The minimum atomic E-state index is -0.593. The molecule has 0 aliphatic carbocycles. The van der Waals surface area contributed by atoms with Gasteiger partial charge in [0.15, 0.2) is 0 Å². The predicted octanol–water partition coefficient (Wildman–Crippen LogP) is 5.23. The first-order chi connectivity index (χ1) is 8.52. The Labute approximate surface area is 114 Å². The number of aryl methyl sites for hydroxylation is 2. The standard InChI is InChI=1S/C14H13ClF2S/c1-3-9-4-5-13(18-9)14(15)10-6-8(2)11(16)7-12(10)17/h4-7,14H,3H2,1-2H3. The van der Waals surface area contributed by atoms with Crippen LogP contribution in [0.25, 0.3) is 0 Å². The van der Waals surface area contributed by atoms with Gasteiger partial charge < -0.3 is 0 Å². The molecule has 18 heavy (non-hydrogen) atoms. The summed E-state index contributed by atoms with van der Waals surface area (Å²) in [7, 11) is 0. The Morgan fingerprint density at radius 3 is 2.56 bits per heavy atom. The summed E-state index contributed by atoms with van der Waals surface area (Å²) in [6.07, 6.45) is 0.930. The van der Waals surface area contributed by atoms with Crippen LogP contribution in [0.5, 0.6) is 0 Å². The van der Waals surface area contributed by atoms with E-state index in [0.717, 1.165) is 17.4 Å². The molecule has 1 aromatic heterocycles. The average Bonchev–Trinajstić information content (AvgIpc) is 2.81. The van der Waals surface area contributed by atoms with Gasteiger partial charge in [0.1, 0.15) is 11.6 Å². The van der Waals surface area contributed by atoms with Crippen molar-refractivity contribution >= 4 is 22.9 Å². The zero-order chi connectivity index (χ0) is 13.3. The Morgan fingerprint density at radius 1 is 1.22 bits per heavy atom. The molecule has 0 bridgehead atoms. The number of halogens is 3. The van der Waals surface area contributed by atoms with Crippen LogP contribution in [-0.2, 0) is 6.42 Å². The van der Waals surface area contributed by atoms with E-state index in [1.807, 2.05) is 12.1 Å². The van der Waals surface area contributed by atoms with Crippen molar-refractivity contribution in [1.82, 2.24) is 0 Å². The highest BCUT2D eigenvalue weighted by atomic mass is 35.5. The van der Waals surface area contributed by atoms with E-state index < -0.39 is 17.0 Å². The van der Waals surface area contributed by atoms with Crippen LogP contribution in [0.2, 0.25) is 0 Å². The van der Waals surface area contributed by atoms with Crippen LogP contribution in [-0.4, -0.2) is 0 Å². The summed E-state index contributed by atoms with van der Waals surface area (Å²) in [5, 5.41) is -0.561. The lowest BCUT2D eigenvalue weighted by Gasteiger charge is -2.10. The molecular formula is C14H13ClF2S. The van der Waals surface area contributed by atoms with Gasteiger partial charge in [-0.15, -0.1) is 22.9 Å². The third-order valence-electron chi connectivity index (χ3n) is 2.83. The van der Waals surface area contributed by atoms with E-state index in [-0.39, 0.29) is 0 Å². The molecule has 0 fully saturated rings. The van der Waals surface area contributed by atoms with Crippen molar-refractivity contribution in [2.45, 2.75) is 25.6 Å². The average molecular weight is 287 g/mol. The lowest BCUT2D eigenvalue weighted by Crippen LogP contribution is -1.98. The summed E-state index contributed by atoms with van der Waals surface area (Å²) >= 11 is 7.84. The van der Waals surface area contributed by atoms with Crippen LogP contribution < -0.4 is 0 Å². The van der Waals surface area contributed by atoms with E-state index in [4.69, 9.17) is 11.6 Å². The Kier molecular flexibility index (Phi) is 4.03. The molecule has 0 radical (unpaired) electrons. The highest BCUT2D eigenvalue weighted by Crippen LogP contribution is 2.35. The van der Waals surface area contributed by atoms with Gasteiger partial charge in [-0.2, -0.15) is 0 Å². The molecule has 1 atom stereocenters. The van der Waals surface area contributed by atoms with E-state index in [0.29, 0.717) is 11.1 Å². The SMILES string of the molecule is CCc1ccc(C(Cl)c2cc(C)c(F)cc2F)s1. The van der Waals surface area contributed by atoms with Gasteiger partial charge in [-0.3, -0.25) is 0 Å². The smallest absolute Gasteiger partial charge is 0.131 e. The second kappa shape index (κ2) is 5.37. The lowest BCUT2D eigenvalue weighted by molar-refractivity contribution is 0.568. The Bertz CT molecular complexity index is 563. The first-order valence-electron chi connectivity index (χ1n) is 5.71. The van der Waals surface area contributed by atoms with Gasteiger partial charge in [-0.1, -0.05) is 6.92 Å². The van der Waals surface area contributed by atoms with E-state index in [2.05, 4.69) is 6.92 Å². The fraction of sp³-hybridized carbons (Fsp3) is 0.286. The third kappa shape index (κ3) is 2.57. The predicted molar refractivity (Wildman–Crippen MR) is 72.5 cm³/mol. The summed E-state index contributed by atoms with van der Waals surface area (Å²) in [4.78, 5) is 2.09. The number of hydrogen-bond acceptors (Lipinski definition) is 1. The quantitative estimate of drug-likeness (QED) is 0.678. The highest BCUT2D eigenvalue weighted by molar-refractivity contribution is 7.12. The van der Waals surface area contributed by atoms with Crippen LogP contribution in [0, 0.1) is 18.6 Å². The molecule has 1 aromatic carbocycles. The Hall–Kier alpha value is -0.930. The minimum Gasteiger partial charge on any atom is -0.207 e. The first-order valence-corrected chi connectivity index (χ1v) is 6.96. The molecule has 0 aliphatic rings. The fourth-order valence-corrected chi connectivity index (χ4v) is 3.07. The summed E-state index contributed by atoms with van der Waals surface area (Å²) in [5.74, 6) is -1.13. The maximum absolute atomic E-state index is 13.7. The summed E-state index contributed by atoms with van der Waals surface area (Å²) in [5.41, 5.74) is 0.740. The minimum absolute atomic E-state index is 0.333. The lowest BCUT2D eigenvalue weighted by atomic mass is 10.1. The van der Waals surface area contributed by atoms with Crippen molar-refractivity contribution in [2.24, 2.45) is 0 Å². The van der Waals surface area contributed by atoms with E-state index >= 15 is 0 Å². The van der Waals surface area contributed by atoms with Crippen molar-refractivity contribution < 1.29 is 8.78 Å². The molecule has 2 aromatic rings. The maximum atomic E-state index is 13.7. The van der Waals surface area contributed by atoms with E-state index in [1.165, 1.54) is 10.9 Å². The molecule has 0 saturated carbocycles. The molecule has 0 aliphatic heterocycles. The zero-order valence-corrected chi connectivity index (χ0v) is 11.7. The number of benzene rings is 1. The fourth-order valence-electron chi connectivity index (χ4n) is 1.75. The van der Waals surface area contributed by atoms with E-state index in [1.54, 1.807) is 18.3 Å². The number of thiophene rings is 1. The van der Waals surface area contributed by atoms with Gasteiger partial charge in [0.25, 0.3) is 0 Å². The highest BCUT2D eigenvalue weighted by Gasteiger charge is 2.18. The number of hydrogen-bond donors (Lipinski definition) is 0. The van der Waals surface area contributed by atoms with Crippen LogP contribution >= 0.6 is 22.9 Å². The maximum Gasteiger partial charge on any atom is 0.131 e. The van der Waals surface area contributed by atoms with Crippen LogP contribution in [0.1, 0.15) is 33.2 Å². The van der Waals surface area contributed by atoms with E-state index in [9.17, 15) is 8.78 Å². The van der Waals surface area contributed by atoms with Crippen molar-refractivity contribution in [3.8, 4) is 0 Å². The van der Waals surface area contributed by atoms with Crippen LogP contribution in [0.3, 0.4) is 0 Å². The molecule has 0 N–H and O–H groups in total.